The standard InChI is InChI=1S/C58H40N2/c1-3-19-49(20-4-1)59(57-53-23-11-7-15-45(53)38-46-16-8-12-24-54(46)57)51-34-30-41(31-35-51)27-28-42-29-32-44-40-52(36-33-43(44)37-42)60(50-21-5-2-6-22-50)58-55-25-13-9-17-47(55)39-48-18-10-14-26-56(48)58/h1-40H/b28-27+. The zero-order chi connectivity index (χ0) is 39.8. The van der Waals surface area contributed by atoms with Crippen molar-refractivity contribution in [2.75, 3.05) is 9.80 Å². The van der Waals surface area contributed by atoms with Crippen LogP contribution in [0.4, 0.5) is 34.1 Å². The van der Waals surface area contributed by atoms with Crippen molar-refractivity contribution in [3.63, 3.8) is 0 Å². The van der Waals surface area contributed by atoms with E-state index in [1.54, 1.807) is 0 Å². The van der Waals surface area contributed by atoms with E-state index < -0.39 is 0 Å². The summed E-state index contributed by atoms with van der Waals surface area (Å²) < 4.78 is 0. The van der Waals surface area contributed by atoms with Gasteiger partial charge in [0, 0.05) is 44.3 Å². The first-order valence-electron chi connectivity index (χ1n) is 20.6. The first-order chi connectivity index (χ1) is 29.7. The summed E-state index contributed by atoms with van der Waals surface area (Å²) in [5.74, 6) is 0. The highest BCUT2D eigenvalue weighted by Gasteiger charge is 2.20. The van der Waals surface area contributed by atoms with Crippen LogP contribution in [0.1, 0.15) is 11.1 Å². The Morgan fingerprint density at radius 1 is 0.233 bits per heavy atom. The molecule has 2 nitrogen and oxygen atoms in total. The molecule has 11 aromatic rings. The molecule has 282 valence electrons. The van der Waals surface area contributed by atoms with Crippen molar-refractivity contribution in [3.05, 3.63) is 242 Å². The fraction of sp³-hybridized carbons (Fsp3) is 0. The van der Waals surface area contributed by atoms with Gasteiger partial charge in [0.15, 0.2) is 0 Å². The zero-order valence-electron chi connectivity index (χ0n) is 33.0. The van der Waals surface area contributed by atoms with Gasteiger partial charge < -0.3 is 9.80 Å². The molecule has 0 fully saturated rings. The van der Waals surface area contributed by atoms with Gasteiger partial charge >= 0.3 is 0 Å². The molecule has 11 aromatic carbocycles. The van der Waals surface area contributed by atoms with Gasteiger partial charge in [0.1, 0.15) is 0 Å². The first-order valence-corrected chi connectivity index (χ1v) is 20.6. The Labute approximate surface area is 350 Å². The van der Waals surface area contributed by atoms with Crippen LogP contribution in [0.2, 0.25) is 0 Å². The molecule has 0 heterocycles. The molecule has 0 aliphatic carbocycles. The second kappa shape index (κ2) is 15.1. The molecule has 2 heteroatoms. The van der Waals surface area contributed by atoms with E-state index in [2.05, 4.69) is 252 Å². The Morgan fingerprint density at radius 3 is 1.08 bits per heavy atom. The highest BCUT2D eigenvalue weighted by atomic mass is 15.2. The normalized spacial score (nSPS) is 11.6. The molecule has 0 saturated heterocycles. The van der Waals surface area contributed by atoms with E-state index in [4.69, 9.17) is 0 Å². The number of para-hydroxylation sites is 2. The largest absolute Gasteiger partial charge is 0.309 e. The molecule has 0 atom stereocenters. The van der Waals surface area contributed by atoms with Crippen molar-refractivity contribution in [3.8, 4) is 0 Å². The van der Waals surface area contributed by atoms with Gasteiger partial charge in [0.05, 0.1) is 11.4 Å². The van der Waals surface area contributed by atoms with Gasteiger partial charge in [-0.1, -0.05) is 176 Å². The second-order valence-electron chi connectivity index (χ2n) is 15.4. The summed E-state index contributed by atoms with van der Waals surface area (Å²) in [5, 5.41) is 12.2. The van der Waals surface area contributed by atoms with Gasteiger partial charge in [0.25, 0.3) is 0 Å². The summed E-state index contributed by atoms with van der Waals surface area (Å²) in [6.07, 6.45) is 4.43. The molecular weight excluding hydrogens is 725 g/mol. The van der Waals surface area contributed by atoms with Crippen LogP contribution >= 0.6 is 0 Å². The molecule has 0 unspecified atom stereocenters. The third kappa shape index (κ3) is 6.41. The lowest BCUT2D eigenvalue weighted by Crippen LogP contribution is -2.11. The summed E-state index contributed by atoms with van der Waals surface area (Å²) in [4.78, 5) is 4.82. The molecular formula is C58H40N2. The summed E-state index contributed by atoms with van der Waals surface area (Å²) in [7, 11) is 0. The molecule has 0 amide bonds. The summed E-state index contributed by atoms with van der Waals surface area (Å²) in [5.41, 5.74) is 9.17. The molecule has 0 N–H and O–H groups in total. The Morgan fingerprint density at radius 2 is 0.583 bits per heavy atom. The van der Waals surface area contributed by atoms with Gasteiger partial charge in [-0.25, -0.2) is 0 Å². The Balaban J connectivity index is 0.936. The predicted octanol–water partition coefficient (Wildman–Crippen LogP) is 16.6. The van der Waals surface area contributed by atoms with E-state index in [9.17, 15) is 0 Å². The first kappa shape index (κ1) is 35.2. The minimum Gasteiger partial charge on any atom is -0.309 e. The van der Waals surface area contributed by atoms with Crippen LogP contribution in [-0.4, -0.2) is 0 Å². The molecule has 0 aliphatic rings. The van der Waals surface area contributed by atoms with Crippen LogP contribution in [-0.2, 0) is 0 Å². The van der Waals surface area contributed by atoms with Crippen LogP contribution in [0.3, 0.4) is 0 Å². The summed E-state index contributed by atoms with van der Waals surface area (Å²) in [6.45, 7) is 0. The highest BCUT2D eigenvalue weighted by Crippen LogP contribution is 2.46. The van der Waals surface area contributed by atoms with Gasteiger partial charge in [0.2, 0.25) is 0 Å². The smallest absolute Gasteiger partial charge is 0.0618 e. The van der Waals surface area contributed by atoms with Crippen molar-refractivity contribution in [2.45, 2.75) is 0 Å². The molecule has 0 spiro atoms. The molecule has 0 saturated carbocycles. The average Bonchev–Trinajstić information content (AvgIpc) is 3.31. The van der Waals surface area contributed by atoms with Gasteiger partial charge in [-0.3, -0.25) is 0 Å². The van der Waals surface area contributed by atoms with Crippen LogP contribution in [0.25, 0.3) is 66.0 Å². The van der Waals surface area contributed by atoms with Crippen molar-refractivity contribution in [1.29, 1.82) is 0 Å². The van der Waals surface area contributed by atoms with Crippen LogP contribution in [0.5, 0.6) is 0 Å². The van der Waals surface area contributed by atoms with Crippen molar-refractivity contribution in [1.82, 2.24) is 0 Å². The number of nitrogens with zero attached hydrogens (tertiary/aromatic N) is 2. The molecule has 11 rings (SSSR count). The molecule has 0 bridgehead atoms. The fourth-order valence-corrected chi connectivity index (χ4v) is 8.85. The van der Waals surface area contributed by atoms with Gasteiger partial charge in [-0.05, 0) is 110 Å². The number of hydrogen-bond donors (Lipinski definition) is 0. The van der Waals surface area contributed by atoms with E-state index in [-0.39, 0.29) is 0 Å². The monoisotopic (exact) mass is 764 g/mol. The lowest BCUT2D eigenvalue weighted by Gasteiger charge is -2.28. The van der Waals surface area contributed by atoms with Gasteiger partial charge in [-0.2, -0.15) is 0 Å². The van der Waals surface area contributed by atoms with E-state index in [1.165, 1.54) is 65.2 Å². The number of rotatable bonds is 8. The van der Waals surface area contributed by atoms with Crippen LogP contribution in [0.15, 0.2) is 231 Å². The van der Waals surface area contributed by atoms with Crippen LogP contribution in [0, 0.1) is 0 Å². The maximum atomic E-state index is 2.42. The molecule has 0 radical (unpaired) electrons. The van der Waals surface area contributed by atoms with Crippen molar-refractivity contribution < 1.29 is 0 Å². The Bertz CT molecular complexity index is 3260. The fourth-order valence-electron chi connectivity index (χ4n) is 8.85. The number of fused-ring (bicyclic) bond motifs is 5. The maximum absolute atomic E-state index is 2.42. The minimum atomic E-state index is 1.11. The van der Waals surface area contributed by atoms with Crippen LogP contribution < -0.4 is 9.80 Å². The Hall–Kier alpha value is -7.94. The summed E-state index contributed by atoms with van der Waals surface area (Å²) >= 11 is 0. The highest BCUT2D eigenvalue weighted by molar-refractivity contribution is 6.15. The Kier molecular flexibility index (Phi) is 8.87. The maximum Gasteiger partial charge on any atom is 0.0618 e. The third-order valence-corrected chi connectivity index (χ3v) is 11.7. The van der Waals surface area contributed by atoms with E-state index in [0.717, 1.165) is 33.9 Å². The minimum absolute atomic E-state index is 1.11. The van der Waals surface area contributed by atoms with E-state index >= 15 is 0 Å². The zero-order valence-corrected chi connectivity index (χ0v) is 33.0. The van der Waals surface area contributed by atoms with E-state index in [1.807, 2.05) is 0 Å². The second-order valence-corrected chi connectivity index (χ2v) is 15.4. The molecule has 0 aliphatic heterocycles. The topological polar surface area (TPSA) is 6.48 Å². The average molecular weight is 765 g/mol. The molecule has 60 heavy (non-hydrogen) atoms. The van der Waals surface area contributed by atoms with Crippen molar-refractivity contribution in [2.24, 2.45) is 0 Å². The van der Waals surface area contributed by atoms with E-state index in [0.29, 0.717) is 0 Å². The lowest BCUT2D eigenvalue weighted by atomic mass is 9.98. The number of benzene rings is 11. The molecule has 0 aromatic heterocycles. The SMILES string of the molecule is C(=C\c1ccc2cc(N(c3ccccc3)c3c4ccccc4cc4ccccc34)ccc2c1)/c1ccc(N(c2ccccc2)c2c3ccccc3cc3ccccc23)cc1. The lowest BCUT2D eigenvalue weighted by molar-refractivity contribution is 1.31. The van der Waals surface area contributed by atoms with Gasteiger partial charge in [-0.15, -0.1) is 0 Å². The number of hydrogen-bond acceptors (Lipinski definition) is 2. The quantitative estimate of drug-likeness (QED) is 0.112. The predicted molar refractivity (Wildman–Crippen MR) is 259 cm³/mol. The third-order valence-electron chi connectivity index (χ3n) is 11.7. The summed E-state index contributed by atoms with van der Waals surface area (Å²) in [6, 6.07) is 83.4. The number of anilines is 6. The van der Waals surface area contributed by atoms with Crippen molar-refractivity contribution >= 4 is 100 Å².